The highest BCUT2D eigenvalue weighted by atomic mass is 16.3. The van der Waals surface area contributed by atoms with E-state index >= 15 is 0 Å². The van der Waals surface area contributed by atoms with Crippen molar-refractivity contribution in [1.82, 2.24) is 9.80 Å². The minimum Gasteiger partial charge on any atom is -0.396 e. The van der Waals surface area contributed by atoms with Crippen LogP contribution in [-0.4, -0.2) is 59.6 Å². The topological polar surface area (TPSA) is 43.8 Å². The van der Waals surface area contributed by atoms with Crippen molar-refractivity contribution >= 4 is 5.91 Å². The normalized spacial score (nSPS) is 34.5. The molecule has 4 heteroatoms. The summed E-state index contributed by atoms with van der Waals surface area (Å²) in [6.45, 7) is 3.71. The number of piperidine rings is 2. The lowest BCUT2D eigenvalue weighted by molar-refractivity contribution is -0.139. The molecule has 0 aromatic rings. The van der Waals surface area contributed by atoms with Crippen LogP contribution in [0.15, 0.2) is 0 Å². The van der Waals surface area contributed by atoms with Gasteiger partial charge in [0.25, 0.3) is 0 Å². The van der Waals surface area contributed by atoms with E-state index in [4.69, 9.17) is 0 Å². The van der Waals surface area contributed by atoms with E-state index in [0.29, 0.717) is 24.4 Å². The molecular formula is C17H30N2O2. The third kappa shape index (κ3) is 3.59. The predicted octanol–water partition coefficient (Wildman–Crippen LogP) is 1.87. The fraction of sp³-hybridized carbons (Fsp3) is 0.941. The number of carbonyl (C=O) groups is 1. The summed E-state index contributed by atoms with van der Waals surface area (Å²) in [4.78, 5) is 17.2. The molecule has 3 unspecified atom stereocenters. The van der Waals surface area contributed by atoms with Gasteiger partial charge in [0, 0.05) is 25.7 Å². The Kier molecular flexibility index (Phi) is 5.17. The zero-order valence-corrected chi connectivity index (χ0v) is 13.2. The third-order valence-electron chi connectivity index (χ3n) is 5.78. The molecule has 0 bridgehead atoms. The molecule has 2 heterocycles. The minimum absolute atomic E-state index is 0.263. The van der Waals surface area contributed by atoms with Gasteiger partial charge in [-0.1, -0.05) is 12.8 Å². The van der Waals surface area contributed by atoms with Gasteiger partial charge in [-0.05, 0) is 56.9 Å². The van der Waals surface area contributed by atoms with Crippen LogP contribution >= 0.6 is 0 Å². The van der Waals surface area contributed by atoms with Crippen LogP contribution in [0.3, 0.4) is 0 Å². The van der Waals surface area contributed by atoms with E-state index in [1.807, 2.05) is 0 Å². The molecule has 1 N–H and O–H groups in total. The van der Waals surface area contributed by atoms with Crippen LogP contribution < -0.4 is 0 Å². The van der Waals surface area contributed by atoms with Gasteiger partial charge >= 0.3 is 0 Å². The van der Waals surface area contributed by atoms with Gasteiger partial charge in [-0.25, -0.2) is 0 Å². The van der Waals surface area contributed by atoms with Crippen molar-refractivity contribution in [2.75, 3.05) is 32.8 Å². The molecule has 3 atom stereocenters. The number of likely N-dealkylation sites (tertiary alicyclic amines) is 2. The van der Waals surface area contributed by atoms with Crippen LogP contribution in [-0.2, 0) is 4.79 Å². The van der Waals surface area contributed by atoms with E-state index in [-0.39, 0.29) is 6.61 Å². The maximum absolute atomic E-state index is 12.7. The highest BCUT2D eigenvalue weighted by Crippen LogP contribution is 2.35. The van der Waals surface area contributed by atoms with Gasteiger partial charge in [-0.15, -0.1) is 0 Å². The molecule has 3 fully saturated rings. The second-order valence-corrected chi connectivity index (χ2v) is 7.27. The standard InChI is InChI=1S/C17H30N2O2/c20-13-14-5-3-9-18(11-14)12-17(21)19-10-4-7-15-6-1-2-8-16(15)19/h14-16,20H,1-13H2. The summed E-state index contributed by atoms with van der Waals surface area (Å²) in [5.41, 5.74) is 0. The number of aliphatic hydroxyl groups is 1. The molecule has 0 spiro atoms. The summed E-state index contributed by atoms with van der Waals surface area (Å²) in [5, 5.41) is 9.32. The van der Waals surface area contributed by atoms with Crippen molar-refractivity contribution in [2.24, 2.45) is 11.8 Å². The zero-order chi connectivity index (χ0) is 14.7. The number of aliphatic hydroxyl groups excluding tert-OH is 1. The largest absolute Gasteiger partial charge is 0.396 e. The molecule has 2 aliphatic heterocycles. The van der Waals surface area contributed by atoms with Crippen LogP contribution in [0.5, 0.6) is 0 Å². The smallest absolute Gasteiger partial charge is 0.237 e. The Morgan fingerprint density at radius 3 is 2.62 bits per heavy atom. The summed E-state index contributed by atoms with van der Waals surface area (Å²) < 4.78 is 0. The monoisotopic (exact) mass is 294 g/mol. The van der Waals surface area contributed by atoms with Gasteiger partial charge in [0.2, 0.25) is 5.91 Å². The predicted molar refractivity (Wildman–Crippen MR) is 82.9 cm³/mol. The van der Waals surface area contributed by atoms with E-state index in [2.05, 4.69) is 9.80 Å². The first-order valence-corrected chi connectivity index (χ1v) is 8.90. The van der Waals surface area contributed by atoms with Crippen LogP contribution in [0, 0.1) is 11.8 Å². The van der Waals surface area contributed by atoms with Crippen molar-refractivity contribution in [3.05, 3.63) is 0 Å². The van der Waals surface area contributed by atoms with Crippen LogP contribution in [0.4, 0.5) is 0 Å². The first-order valence-electron chi connectivity index (χ1n) is 8.90. The van der Waals surface area contributed by atoms with Crippen molar-refractivity contribution in [3.8, 4) is 0 Å². The highest BCUT2D eigenvalue weighted by Gasteiger charge is 2.36. The lowest BCUT2D eigenvalue weighted by Gasteiger charge is -2.45. The number of hydrogen-bond donors (Lipinski definition) is 1. The molecule has 3 aliphatic rings. The summed E-state index contributed by atoms with van der Waals surface area (Å²) in [5.74, 6) is 1.48. The number of rotatable bonds is 3. The summed E-state index contributed by atoms with van der Waals surface area (Å²) >= 11 is 0. The molecule has 0 aromatic heterocycles. The summed E-state index contributed by atoms with van der Waals surface area (Å²) in [7, 11) is 0. The van der Waals surface area contributed by atoms with Gasteiger partial charge in [-0.2, -0.15) is 0 Å². The SMILES string of the molecule is O=C(CN1CCCC(CO)C1)N1CCCC2CCCCC21. The van der Waals surface area contributed by atoms with E-state index in [1.54, 1.807) is 0 Å². The number of carbonyl (C=O) groups excluding carboxylic acids is 1. The van der Waals surface area contributed by atoms with Crippen LogP contribution in [0.2, 0.25) is 0 Å². The molecule has 0 radical (unpaired) electrons. The van der Waals surface area contributed by atoms with Crippen molar-refractivity contribution in [3.63, 3.8) is 0 Å². The van der Waals surface area contributed by atoms with Crippen molar-refractivity contribution in [2.45, 2.75) is 57.4 Å². The molecule has 3 rings (SSSR count). The van der Waals surface area contributed by atoms with Gasteiger partial charge in [0.15, 0.2) is 0 Å². The molecule has 1 aliphatic carbocycles. The Balaban J connectivity index is 1.56. The molecule has 4 nitrogen and oxygen atoms in total. The Morgan fingerprint density at radius 2 is 1.76 bits per heavy atom. The van der Waals surface area contributed by atoms with Gasteiger partial charge in [-0.3, -0.25) is 9.69 Å². The Morgan fingerprint density at radius 1 is 1.00 bits per heavy atom. The molecular weight excluding hydrogens is 264 g/mol. The van der Waals surface area contributed by atoms with E-state index < -0.39 is 0 Å². The van der Waals surface area contributed by atoms with Gasteiger partial charge in [0.1, 0.15) is 0 Å². The zero-order valence-electron chi connectivity index (χ0n) is 13.2. The number of hydrogen-bond acceptors (Lipinski definition) is 3. The fourth-order valence-electron chi connectivity index (χ4n) is 4.66. The van der Waals surface area contributed by atoms with Crippen LogP contribution in [0.1, 0.15) is 51.4 Å². The molecule has 120 valence electrons. The average molecular weight is 294 g/mol. The molecule has 1 amide bonds. The second-order valence-electron chi connectivity index (χ2n) is 7.27. The lowest BCUT2D eigenvalue weighted by Crippen LogP contribution is -2.53. The second kappa shape index (κ2) is 7.10. The van der Waals surface area contributed by atoms with Crippen molar-refractivity contribution < 1.29 is 9.90 Å². The maximum atomic E-state index is 12.7. The van der Waals surface area contributed by atoms with Crippen LogP contribution in [0.25, 0.3) is 0 Å². The Labute approximate surface area is 128 Å². The van der Waals surface area contributed by atoms with E-state index in [0.717, 1.165) is 38.4 Å². The minimum atomic E-state index is 0.263. The Bertz CT molecular complexity index is 359. The summed E-state index contributed by atoms with van der Waals surface area (Å²) in [6, 6.07) is 0.526. The number of fused-ring (bicyclic) bond motifs is 1. The van der Waals surface area contributed by atoms with E-state index in [9.17, 15) is 9.90 Å². The molecule has 21 heavy (non-hydrogen) atoms. The first kappa shape index (κ1) is 15.3. The van der Waals surface area contributed by atoms with Gasteiger partial charge < -0.3 is 10.0 Å². The average Bonchev–Trinajstić information content (AvgIpc) is 2.54. The lowest BCUT2D eigenvalue weighted by atomic mass is 9.78. The van der Waals surface area contributed by atoms with E-state index in [1.165, 1.54) is 38.5 Å². The van der Waals surface area contributed by atoms with Crippen molar-refractivity contribution in [1.29, 1.82) is 0 Å². The quantitative estimate of drug-likeness (QED) is 0.864. The molecule has 0 aromatic carbocycles. The number of amides is 1. The number of nitrogens with zero attached hydrogens (tertiary/aromatic N) is 2. The third-order valence-corrected chi connectivity index (χ3v) is 5.78. The summed E-state index contributed by atoms with van der Waals surface area (Å²) in [6.07, 6.45) is 9.92. The fourth-order valence-corrected chi connectivity index (χ4v) is 4.66. The molecule has 1 saturated carbocycles. The Hall–Kier alpha value is -0.610. The molecule has 2 saturated heterocycles. The highest BCUT2D eigenvalue weighted by molar-refractivity contribution is 5.78. The first-order chi connectivity index (χ1) is 10.3. The van der Waals surface area contributed by atoms with Gasteiger partial charge in [0.05, 0.1) is 6.54 Å². The maximum Gasteiger partial charge on any atom is 0.237 e.